The first-order chi connectivity index (χ1) is 14.6. The van der Waals surface area contributed by atoms with Crippen molar-refractivity contribution in [2.75, 3.05) is 0 Å². The van der Waals surface area contributed by atoms with Crippen LogP contribution in [0.3, 0.4) is 0 Å². The van der Waals surface area contributed by atoms with Gasteiger partial charge in [-0.05, 0) is 77.6 Å². The van der Waals surface area contributed by atoms with Gasteiger partial charge in [-0.1, -0.05) is 49.2 Å². The number of Topliss-reactive ketones (excluding diaryl/α,β-unsaturated/α-hetero) is 1. The Hall–Kier alpha value is -2.50. The molecule has 0 heterocycles. The van der Waals surface area contributed by atoms with E-state index in [1.807, 2.05) is 79.7 Å². The Morgan fingerprint density at radius 1 is 0.750 bits per heavy atom. The van der Waals surface area contributed by atoms with E-state index < -0.39 is 24.0 Å². The second-order valence-electron chi connectivity index (χ2n) is 9.39. The second kappa shape index (κ2) is 10.9. The zero-order chi connectivity index (χ0) is 25.0. The highest BCUT2D eigenvalue weighted by atomic mass is 16.5. The van der Waals surface area contributed by atoms with Gasteiger partial charge in [0.15, 0.2) is 0 Å². The number of ether oxygens (including phenoxy) is 1. The Labute approximate surface area is 192 Å². The number of hydrogen-bond acceptors (Lipinski definition) is 5. The first kappa shape index (κ1) is 27.5. The third-order valence-corrected chi connectivity index (χ3v) is 6.04. The summed E-state index contributed by atoms with van der Waals surface area (Å²) in [6.07, 6.45) is -0.921. The van der Waals surface area contributed by atoms with Crippen molar-refractivity contribution in [1.29, 1.82) is 0 Å². The van der Waals surface area contributed by atoms with E-state index in [4.69, 9.17) is 14.9 Å². The number of carbonyl (C=O) groups excluding carboxylic acids is 2. The molecule has 176 valence electrons. The molecule has 0 bridgehead atoms. The number of benzene rings is 2. The van der Waals surface area contributed by atoms with Gasteiger partial charge in [-0.2, -0.15) is 0 Å². The van der Waals surface area contributed by atoms with Crippen LogP contribution in [-0.4, -0.2) is 34.2 Å². The van der Waals surface area contributed by atoms with Crippen LogP contribution in [0, 0.1) is 47.0 Å². The number of aliphatic hydroxyl groups is 2. The predicted molar refractivity (Wildman–Crippen MR) is 128 cm³/mol. The maximum Gasteiger partial charge on any atom is 0.385 e. The minimum atomic E-state index is -0.838. The Balaban J connectivity index is 0.000000482. The Kier molecular flexibility index (Phi) is 9.37. The maximum absolute atomic E-state index is 12.5. The largest absolute Gasteiger partial charge is 0.420 e. The summed E-state index contributed by atoms with van der Waals surface area (Å²) in [5, 5.41) is 18.2. The van der Waals surface area contributed by atoms with Crippen LogP contribution < -0.4 is 4.74 Å². The van der Waals surface area contributed by atoms with Gasteiger partial charge in [-0.3, -0.25) is 4.79 Å². The molecule has 0 saturated carbocycles. The lowest BCUT2D eigenvalue weighted by Gasteiger charge is -2.30. The van der Waals surface area contributed by atoms with Crippen LogP contribution in [0.1, 0.15) is 71.4 Å². The van der Waals surface area contributed by atoms with Gasteiger partial charge in [0, 0.05) is 11.0 Å². The van der Waals surface area contributed by atoms with Gasteiger partial charge in [0.25, 0.3) is 5.78 Å². The molecule has 0 aromatic heterocycles. The number of aliphatic hydroxyl groups excluding tert-OH is 2. The SMILES string of the molecule is CC(O)C(C)(C)C(C)O.Cc1cc(C)c(OC(=O)C(=O)c2c(C)cc(C)cc2C)c(C)c1. The molecule has 5 nitrogen and oxygen atoms in total. The number of ketones is 1. The topological polar surface area (TPSA) is 83.8 Å². The van der Waals surface area contributed by atoms with Crippen LogP contribution in [0.5, 0.6) is 5.75 Å². The van der Waals surface area contributed by atoms with E-state index in [0.717, 1.165) is 33.4 Å². The fraction of sp³-hybridized carbons (Fsp3) is 0.481. The van der Waals surface area contributed by atoms with Gasteiger partial charge in [0.05, 0.1) is 12.2 Å². The van der Waals surface area contributed by atoms with Crippen molar-refractivity contribution in [2.24, 2.45) is 5.41 Å². The van der Waals surface area contributed by atoms with Gasteiger partial charge in [0.1, 0.15) is 5.75 Å². The van der Waals surface area contributed by atoms with Crippen molar-refractivity contribution >= 4 is 11.8 Å². The molecule has 2 rings (SSSR count). The summed E-state index contributed by atoms with van der Waals surface area (Å²) in [4.78, 5) is 24.8. The third-order valence-electron chi connectivity index (χ3n) is 6.04. The first-order valence-corrected chi connectivity index (χ1v) is 10.9. The molecule has 0 radical (unpaired) electrons. The zero-order valence-electron chi connectivity index (χ0n) is 21.1. The van der Waals surface area contributed by atoms with E-state index in [0.29, 0.717) is 11.3 Å². The average Bonchev–Trinajstić information content (AvgIpc) is 2.63. The molecule has 0 aliphatic carbocycles. The molecule has 2 atom stereocenters. The summed E-state index contributed by atoms with van der Waals surface area (Å²) in [7, 11) is 0. The molecular weight excluding hydrogens is 404 g/mol. The van der Waals surface area contributed by atoms with Crippen LogP contribution in [0.25, 0.3) is 0 Å². The smallest absolute Gasteiger partial charge is 0.385 e. The first-order valence-electron chi connectivity index (χ1n) is 10.9. The van der Waals surface area contributed by atoms with Crippen molar-refractivity contribution in [3.63, 3.8) is 0 Å². The molecule has 0 fully saturated rings. The summed E-state index contributed by atoms with van der Waals surface area (Å²) in [5.74, 6) is -0.967. The quantitative estimate of drug-likeness (QED) is 0.291. The third kappa shape index (κ3) is 6.75. The monoisotopic (exact) mass is 442 g/mol. The highest BCUT2D eigenvalue weighted by Gasteiger charge is 2.29. The predicted octanol–water partition coefficient (Wildman–Crippen LogP) is 5.10. The maximum atomic E-state index is 12.5. The van der Waals surface area contributed by atoms with Crippen LogP contribution in [0.15, 0.2) is 24.3 Å². The fourth-order valence-corrected chi connectivity index (χ4v) is 3.46. The Bertz CT molecular complexity index is 928. The van der Waals surface area contributed by atoms with Crippen LogP contribution >= 0.6 is 0 Å². The van der Waals surface area contributed by atoms with E-state index in [-0.39, 0.29) is 5.41 Å². The molecule has 2 unspecified atom stereocenters. The van der Waals surface area contributed by atoms with Crippen molar-refractivity contribution in [3.8, 4) is 5.75 Å². The van der Waals surface area contributed by atoms with E-state index >= 15 is 0 Å². The summed E-state index contributed by atoms with van der Waals surface area (Å²) in [5.41, 5.74) is 5.49. The molecule has 2 aromatic carbocycles. The number of rotatable bonds is 5. The fourth-order valence-electron chi connectivity index (χ4n) is 3.46. The van der Waals surface area contributed by atoms with Crippen molar-refractivity contribution < 1.29 is 24.5 Å². The summed E-state index contributed by atoms with van der Waals surface area (Å²) in [6, 6.07) is 7.66. The zero-order valence-corrected chi connectivity index (χ0v) is 21.1. The molecule has 0 aliphatic rings. The summed E-state index contributed by atoms with van der Waals surface area (Å²) in [6.45, 7) is 18.4. The highest BCUT2D eigenvalue weighted by Crippen LogP contribution is 2.26. The molecule has 2 aromatic rings. The van der Waals surface area contributed by atoms with E-state index in [1.165, 1.54) is 0 Å². The lowest BCUT2D eigenvalue weighted by atomic mass is 9.82. The molecular formula is C27H38O5. The highest BCUT2D eigenvalue weighted by molar-refractivity contribution is 6.41. The van der Waals surface area contributed by atoms with Crippen LogP contribution in [-0.2, 0) is 4.79 Å². The van der Waals surface area contributed by atoms with Crippen molar-refractivity contribution in [3.05, 3.63) is 63.2 Å². The van der Waals surface area contributed by atoms with Crippen molar-refractivity contribution in [2.45, 2.75) is 81.4 Å². The van der Waals surface area contributed by atoms with Crippen LogP contribution in [0.2, 0.25) is 0 Å². The van der Waals surface area contributed by atoms with Gasteiger partial charge >= 0.3 is 5.97 Å². The molecule has 0 aliphatic heterocycles. The summed E-state index contributed by atoms with van der Waals surface area (Å²) >= 11 is 0. The molecule has 5 heteroatoms. The average molecular weight is 443 g/mol. The standard InChI is InChI=1S/C20H22O3.C7H16O2/c1-11-7-13(3)17(14(4)8-11)18(21)20(22)23-19-15(5)9-12(2)10-16(19)6;1-5(8)7(3,4)6(2)9/h7-10H,1-6H3;5-6,8-9H,1-4H3. The molecule has 0 saturated heterocycles. The minimum Gasteiger partial charge on any atom is -0.420 e. The lowest BCUT2D eigenvalue weighted by molar-refractivity contribution is -0.129. The van der Waals surface area contributed by atoms with E-state index in [2.05, 4.69) is 0 Å². The van der Waals surface area contributed by atoms with E-state index in [1.54, 1.807) is 13.8 Å². The lowest BCUT2D eigenvalue weighted by Crippen LogP contribution is -2.36. The summed E-state index contributed by atoms with van der Waals surface area (Å²) < 4.78 is 5.40. The van der Waals surface area contributed by atoms with Crippen molar-refractivity contribution in [1.82, 2.24) is 0 Å². The minimum absolute atomic E-state index is 0.389. The van der Waals surface area contributed by atoms with Gasteiger partial charge in [0.2, 0.25) is 0 Å². The van der Waals surface area contributed by atoms with Gasteiger partial charge in [-0.25, -0.2) is 4.79 Å². The molecule has 0 spiro atoms. The van der Waals surface area contributed by atoms with Crippen LogP contribution in [0.4, 0.5) is 0 Å². The molecule has 2 N–H and O–H groups in total. The molecule has 32 heavy (non-hydrogen) atoms. The normalized spacial score (nSPS) is 13.0. The van der Waals surface area contributed by atoms with Gasteiger partial charge in [-0.15, -0.1) is 0 Å². The van der Waals surface area contributed by atoms with E-state index in [9.17, 15) is 9.59 Å². The second-order valence-corrected chi connectivity index (χ2v) is 9.39. The number of carbonyl (C=O) groups is 2. The van der Waals surface area contributed by atoms with Gasteiger partial charge < -0.3 is 14.9 Å². The Morgan fingerprint density at radius 2 is 1.09 bits per heavy atom. The number of esters is 1. The number of aryl methyl sites for hydroxylation is 6. The number of hydrogen-bond donors (Lipinski definition) is 2. The molecule has 0 amide bonds. The Morgan fingerprint density at radius 3 is 1.41 bits per heavy atom.